The Morgan fingerprint density at radius 3 is 2.47 bits per heavy atom. The third-order valence-electron chi connectivity index (χ3n) is 5.77. The van der Waals surface area contributed by atoms with Gasteiger partial charge < -0.3 is 9.88 Å². The van der Waals surface area contributed by atoms with Crippen LogP contribution in [0.3, 0.4) is 0 Å². The Kier molecular flexibility index (Phi) is 6.17. The fourth-order valence-corrected chi connectivity index (χ4v) is 6.06. The first-order chi connectivity index (χ1) is 15.2. The molecule has 168 valence electrons. The summed E-state index contributed by atoms with van der Waals surface area (Å²) in [6.07, 6.45) is 4.60. The lowest BCUT2D eigenvalue weighted by molar-refractivity contribution is 0.102. The van der Waals surface area contributed by atoms with Crippen LogP contribution in [0.4, 0.5) is 5.69 Å². The molecule has 1 aromatic heterocycles. The number of piperidine rings is 1. The molecule has 2 unspecified atom stereocenters. The second-order valence-corrected chi connectivity index (χ2v) is 10.6. The largest absolute Gasteiger partial charge is 0.334 e. The molecule has 1 amide bonds. The summed E-state index contributed by atoms with van der Waals surface area (Å²) in [5, 5.41) is 2.87. The number of rotatable bonds is 5. The number of nitrogens with one attached hydrogen (secondary N) is 1. The van der Waals surface area contributed by atoms with E-state index >= 15 is 0 Å². The van der Waals surface area contributed by atoms with Gasteiger partial charge in [-0.2, -0.15) is 4.31 Å². The Hall–Kier alpha value is -2.97. The summed E-state index contributed by atoms with van der Waals surface area (Å²) >= 11 is 0. The predicted molar refractivity (Wildman–Crippen MR) is 125 cm³/mol. The highest BCUT2D eigenvalue weighted by Crippen LogP contribution is 2.27. The number of hydrogen-bond donors (Lipinski definition) is 1. The van der Waals surface area contributed by atoms with Crippen molar-refractivity contribution in [3.63, 3.8) is 0 Å². The lowest BCUT2D eigenvalue weighted by atomic mass is 9.94. The molecule has 1 aliphatic heterocycles. The molecule has 1 N–H and O–H groups in total. The molecule has 1 fully saturated rings. The van der Waals surface area contributed by atoms with Crippen LogP contribution >= 0.6 is 0 Å². The van der Waals surface area contributed by atoms with Gasteiger partial charge in [-0.15, -0.1) is 0 Å². The van der Waals surface area contributed by atoms with Gasteiger partial charge in [0.1, 0.15) is 5.82 Å². The van der Waals surface area contributed by atoms with E-state index < -0.39 is 10.0 Å². The zero-order chi connectivity index (χ0) is 22.9. The average Bonchev–Trinajstić information content (AvgIpc) is 3.19. The molecule has 3 aromatic rings. The van der Waals surface area contributed by atoms with Crippen molar-refractivity contribution in [3.8, 4) is 11.4 Å². The second kappa shape index (κ2) is 8.88. The average molecular weight is 453 g/mol. The van der Waals surface area contributed by atoms with Gasteiger partial charge in [-0.1, -0.05) is 32.0 Å². The van der Waals surface area contributed by atoms with Crippen LogP contribution in [0.2, 0.25) is 0 Å². The zero-order valence-corrected chi connectivity index (χ0v) is 19.3. The van der Waals surface area contributed by atoms with Crippen LogP contribution in [0.15, 0.2) is 65.8 Å². The first-order valence-electron chi connectivity index (χ1n) is 10.7. The maximum atomic E-state index is 13.2. The first kappa shape index (κ1) is 22.2. The normalized spacial score (nSPS) is 19.6. The van der Waals surface area contributed by atoms with Crippen molar-refractivity contribution in [1.82, 2.24) is 13.9 Å². The summed E-state index contributed by atoms with van der Waals surface area (Å²) in [5.41, 5.74) is 1.79. The van der Waals surface area contributed by atoms with E-state index in [-0.39, 0.29) is 10.8 Å². The number of sulfonamides is 1. The summed E-state index contributed by atoms with van der Waals surface area (Å²) in [7, 11) is -1.75. The Bertz CT molecular complexity index is 1230. The zero-order valence-electron chi connectivity index (χ0n) is 18.5. The number of carbonyl (C=O) groups is 1. The third kappa shape index (κ3) is 4.61. The number of imidazole rings is 1. The van der Waals surface area contributed by atoms with Crippen LogP contribution in [0.5, 0.6) is 0 Å². The van der Waals surface area contributed by atoms with E-state index in [0.717, 1.165) is 17.8 Å². The number of benzene rings is 2. The van der Waals surface area contributed by atoms with Crippen molar-refractivity contribution < 1.29 is 13.2 Å². The topological polar surface area (TPSA) is 84.3 Å². The van der Waals surface area contributed by atoms with Crippen LogP contribution < -0.4 is 5.32 Å². The Labute approximate surface area is 189 Å². The van der Waals surface area contributed by atoms with Crippen molar-refractivity contribution >= 4 is 21.6 Å². The molecule has 0 spiro atoms. The van der Waals surface area contributed by atoms with E-state index in [2.05, 4.69) is 24.1 Å². The summed E-state index contributed by atoms with van der Waals surface area (Å²) in [4.78, 5) is 17.4. The molecule has 2 aromatic carbocycles. The third-order valence-corrected chi connectivity index (χ3v) is 7.60. The van der Waals surface area contributed by atoms with E-state index in [0.29, 0.717) is 36.2 Å². The second-order valence-electron chi connectivity index (χ2n) is 8.69. The lowest BCUT2D eigenvalue weighted by Crippen LogP contribution is -2.42. The molecular formula is C24H28N4O3S. The van der Waals surface area contributed by atoms with Crippen LogP contribution in [0, 0.1) is 11.8 Å². The molecule has 0 aliphatic carbocycles. The molecule has 8 heteroatoms. The number of aryl methyl sites for hydroxylation is 1. The molecule has 32 heavy (non-hydrogen) atoms. The fraction of sp³-hybridized carbons (Fsp3) is 0.333. The summed E-state index contributed by atoms with van der Waals surface area (Å²) in [6.45, 7) is 5.15. The molecule has 4 rings (SSSR count). The van der Waals surface area contributed by atoms with E-state index in [1.54, 1.807) is 34.8 Å². The van der Waals surface area contributed by atoms with Gasteiger partial charge in [0.05, 0.1) is 4.90 Å². The molecular weight excluding hydrogens is 424 g/mol. The summed E-state index contributed by atoms with van der Waals surface area (Å²) in [6, 6.07) is 13.7. The number of nitrogens with zero attached hydrogens (tertiary/aromatic N) is 3. The van der Waals surface area contributed by atoms with Gasteiger partial charge in [0.15, 0.2) is 0 Å². The molecule has 0 bridgehead atoms. The van der Waals surface area contributed by atoms with Crippen LogP contribution in [0.25, 0.3) is 11.4 Å². The Morgan fingerprint density at radius 2 is 1.78 bits per heavy atom. The first-order valence-corrected chi connectivity index (χ1v) is 12.2. The van der Waals surface area contributed by atoms with Gasteiger partial charge in [-0.3, -0.25) is 4.79 Å². The number of aromatic nitrogens is 2. The molecule has 1 saturated heterocycles. The standard InChI is InChI=1S/C24H28N4O3S/c1-17-12-18(2)16-28(15-17)32(30,31)22-9-5-7-20(14-22)24(29)26-21-8-4-6-19(13-21)23-25-10-11-27(23)3/h4-11,13-14,17-18H,12,15-16H2,1-3H3,(H,26,29). The van der Waals surface area contributed by atoms with Crippen LogP contribution in [0.1, 0.15) is 30.6 Å². The van der Waals surface area contributed by atoms with E-state index in [9.17, 15) is 13.2 Å². The van der Waals surface area contributed by atoms with Crippen LogP contribution in [-0.4, -0.2) is 41.3 Å². The minimum Gasteiger partial charge on any atom is -0.334 e. The summed E-state index contributed by atoms with van der Waals surface area (Å²) in [5.74, 6) is 1.05. The van der Waals surface area contributed by atoms with Crippen molar-refractivity contribution in [3.05, 3.63) is 66.5 Å². The molecule has 2 heterocycles. The minimum atomic E-state index is -3.66. The SMILES string of the molecule is CC1CC(C)CN(S(=O)(=O)c2cccc(C(=O)Nc3cccc(-c4nccn4C)c3)c2)C1. The number of amides is 1. The van der Waals surface area contributed by atoms with Gasteiger partial charge >= 0.3 is 0 Å². The van der Waals surface area contributed by atoms with Gasteiger partial charge in [0.25, 0.3) is 5.91 Å². The van der Waals surface area contributed by atoms with Gasteiger partial charge in [0, 0.05) is 49.3 Å². The predicted octanol–water partition coefficient (Wildman–Crippen LogP) is 4.01. The highest BCUT2D eigenvalue weighted by Gasteiger charge is 2.32. The molecule has 2 atom stereocenters. The Morgan fingerprint density at radius 1 is 1.06 bits per heavy atom. The fourth-order valence-electron chi connectivity index (χ4n) is 4.33. The summed E-state index contributed by atoms with van der Waals surface area (Å²) < 4.78 is 29.8. The molecule has 0 radical (unpaired) electrons. The van der Waals surface area contributed by atoms with Crippen molar-refractivity contribution in [1.29, 1.82) is 0 Å². The van der Waals surface area contributed by atoms with Gasteiger partial charge in [-0.05, 0) is 48.6 Å². The lowest BCUT2D eigenvalue weighted by Gasteiger charge is -2.34. The quantitative estimate of drug-likeness (QED) is 0.634. The highest BCUT2D eigenvalue weighted by molar-refractivity contribution is 7.89. The number of carbonyl (C=O) groups excluding carboxylic acids is 1. The molecule has 7 nitrogen and oxygen atoms in total. The van der Waals surface area contributed by atoms with Crippen molar-refractivity contribution in [2.75, 3.05) is 18.4 Å². The van der Waals surface area contributed by atoms with Crippen molar-refractivity contribution in [2.24, 2.45) is 18.9 Å². The molecule has 0 saturated carbocycles. The maximum absolute atomic E-state index is 13.2. The molecule has 1 aliphatic rings. The van der Waals surface area contributed by atoms with Gasteiger partial charge in [0.2, 0.25) is 10.0 Å². The van der Waals surface area contributed by atoms with E-state index in [1.165, 1.54) is 6.07 Å². The maximum Gasteiger partial charge on any atom is 0.255 e. The van der Waals surface area contributed by atoms with Gasteiger partial charge in [-0.25, -0.2) is 13.4 Å². The van der Waals surface area contributed by atoms with E-state index in [1.807, 2.05) is 36.0 Å². The van der Waals surface area contributed by atoms with Crippen molar-refractivity contribution in [2.45, 2.75) is 25.2 Å². The number of hydrogen-bond acceptors (Lipinski definition) is 4. The monoisotopic (exact) mass is 452 g/mol. The minimum absolute atomic E-state index is 0.146. The number of anilines is 1. The van der Waals surface area contributed by atoms with E-state index in [4.69, 9.17) is 0 Å². The highest BCUT2D eigenvalue weighted by atomic mass is 32.2. The van der Waals surface area contributed by atoms with Crippen LogP contribution in [-0.2, 0) is 17.1 Å². The Balaban J connectivity index is 1.55. The smallest absolute Gasteiger partial charge is 0.255 e.